The molecule has 1 atom stereocenters. The van der Waals surface area contributed by atoms with Crippen LogP contribution < -0.4 is 5.32 Å². The van der Waals surface area contributed by atoms with Crippen LogP contribution in [0.15, 0.2) is 24.3 Å². The van der Waals surface area contributed by atoms with Gasteiger partial charge in [-0.25, -0.2) is 0 Å². The lowest BCUT2D eigenvalue weighted by molar-refractivity contribution is 0.443. The van der Waals surface area contributed by atoms with Gasteiger partial charge in [-0.05, 0) is 48.8 Å². The van der Waals surface area contributed by atoms with Crippen LogP contribution >= 0.6 is 0 Å². The average Bonchev–Trinajstić information content (AvgIpc) is 3.32. The monoisotopic (exact) mass is 271 g/mol. The molecule has 2 aliphatic rings. The second kappa shape index (κ2) is 6.76. The van der Waals surface area contributed by atoms with Crippen LogP contribution in [0.1, 0.15) is 81.4 Å². The zero-order valence-corrected chi connectivity index (χ0v) is 12.9. The maximum Gasteiger partial charge on any atom is 0.0322 e. The molecule has 0 aliphatic heterocycles. The number of benzene rings is 1. The van der Waals surface area contributed by atoms with Crippen LogP contribution in [0.3, 0.4) is 0 Å². The molecule has 0 bridgehead atoms. The fourth-order valence-electron chi connectivity index (χ4n) is 3.71. The van der Waals surface area contributed by atoms with Crippen molar-refractivity contribution in [1.82, 2.24) is 5.32 Å². The van der Waals surface area contributed by atoms with Crippen LogP contribution in [0, 0.1) is 5.92 Å². The van der Waals surface area contributed by atoms with Gasteiger partial charge in [0.15, 0.2) is 0 Å². The van der Waals surface area contributed by atoms with Gasteiger partial charge in [0.1, 0.15) is 0 Å². The molecule has 0 radical (unpaired) electrons. The van der Waals surface area contributed by atoms with E-state index < -0.39 is 0 Å². The molecule has 1 heteroatoms. The maximum absolute atomic E-state index is 3.67. The van der Waals surface area contributed by atoms with Gasteiger partial charge in [-0.1, -0.05) is 63.3 Å². The molecule has 0 aromatic heterocycles. The summed E-state index contributed by atoms with van der Waals surface area (Å²) in [6.07, 6.45) is 11.3. The minimum absolute atomic E-state index is 0.577. The summed E-state index contributed by atoms with van der Waals surface area (Å²) in [5.74, 6) is 1.82. The van der Waals surface area contributed by atoms with Crippen molar-refractivity contribution in [1.29, 1.82) is 0 Å². The zero-order valence-electron chi connectivity index (χ0n) is 12.9. The van der Waals surface area contributed by atoms with Gasteiger partial charge in [-0.15, -0.1) is 0 Å². The summed E-state index contributed by atoms with van der Waals surface area (Å²) in [5.41, 5.74) is 3.08. The predicted octanol–water partition coefficient (Wildman–Crippen LogP) is 5.19. The van der Waals surface area contributed by atoms with Crippen molar-refractivity contribution in [3.63, 3.8) is 0 Å². The minimum atomic E-state index is 0.577. The van der Waals surface area contributed by atoms with Crippen LogP contribution in [-0.4, -0.2) is 6.54 Å². The second-order valence-corrected chi connectivity index (χ2v) is 6.79. The van der Waals surface area contributed by atoms with Crippen LogP contribution in [0.4, 0.5) is 0 Å². The summed E-state index contributed by atoms with van der Waals surface area (Å²) in [6, 6.07) is 10.2. The van der Waals surface area contributed by atoms with Crippen molar-refractivity contribution in [2.24, 2.45) is 5.92 Å². The van der Waals surface area contributed by atoms with Gasteiger partial charge in [-0.3, -0.25) is 0 Å². The molecule has 1 aromatic carbocycles. The van der Waals surface area contributed by atoms with E-state index >= 15 is 0 Å². The van der Waals surface area contributed by atoms with Crippen molar-refractivity contribution < 1.29 is 0 Å². The molecule has 0 spiro atoms. The number of rotatable bonds is 6. The molecule has 0 saturated heterocycles. The third kappa shape index (κ3) is 3.63. The highest BCUT2D eigenvalue weighted by molar-refractivity contribution is 5.28. The van der Waals surface area contributed by atoms with E-state index in [-0.39, 0.29) is 0 Å². The smallest absolute Gasteiger partial charge is 0.0322 e. The summed E-state index contributed by atoms with van der Waals surface area (Å²) in [4.78, 5) is 0. The third-order valence-electron chi connectivity index (χ3n) is 5.13. The largest absolute Gasteiger partial charge is 0.310 e. The topological polar surface area (TPSA) is 12.0 Å². The Morgan fingerprint density at radius 3 is 2.30 bits per heavy atom. The van der Waals surface area contributed by atoms with Gasteiger partial charge < -0.3 is 5.32 Å². The molecular formula is C19H29N. The summed E-state index contributed by atoms with van der Waals surface area (Å²) in [6.45, 7) is 3.29. The maximum atomic E-state index is 3.67. The molecule has 20 heavy (non-hydrogen) atoms. The first-order valence-corrected chi connectivity index (χ1v) is 8.70. The van der Waals surface area contributed by atoms with Crippen LogP contribution in [0.25, 0.3) is 0 Å². The van der Waals surface area contributed by atoms with Gasteiger partial charge in [0.2, 0.25) is 0 Å². The van der Waals surface area contributed by atoms with Crippen molar-refractivity contribution in [2.75, 3.05) is 6.54 Å². The van der Waals surface area contributed by atoms with E-state index in [2.05, 4.69) is 36.5 Å². The lowest BCUT2D eigenvalue weighted by Crippen LogP contribution is -2.21. The van der Waals surface area contributed by atoms with Crippen molar-refractivity contribution in [3.8, 4) is 0 Å². The van der Waals surface area contributed by atoms with Crippen molar-refractivity contribution in [2.45, 2.75) is 70.3 Å². The van der Waals surface area contributed by atoms with Gasteiger partial charge in [-0.2, -0.15) is 0 Å². The summed E-state index contributed by atoms with van der Waals surface area (Å²) in [7, 11) is 0. The standard InChI is InChI=1S/C19H29N/c1-2-20-19(14-15-8-9-15)18-12-10-17(11-13-18)16-6-4-3-5-7-16/h10-13,15-16,19-20H,2-9,14H2,1H3. The summed E-state index contributed by atoms with van der Waals surface area (Å²) < 4.78 is 0. The van der Waals surface area contributed by atoms with Gasteiger partial charge in [0.25, 0.3) is 0 Å². The average molecular weight is 271 g/mol. The fraction of sp³-hybridized carbons (Fsp3) is 0.684. The lowest BCUT2D eigenvalue weighted by atomic mass is 9.83. The first kappa shape index (κ1) is 14.1. The van der Waals surface area contributed by atoms with Crippen LogP contribution in [-0.2, 0) is 0 Å². The van der Waals surface area contributed by atoms with Crippen molar-refractivity contribution in [3.05, 3.63) is 35.4 Å². The molecule has 3 rings (SSSR count). The van der Waals surface area contributed by atoms with Crippen molar-refractivity contribution >= 4 is 0 Å². The molecule has 2 saturated carbocycles. The van der Waals surface area contributed by atoms with E-state index in [0.717, 1.165) is 18.4 Å². The first-order valence-electron chi connectivity index (χ1n) is 8.70. The molecule has 1 N–H and O–H groups in total. The van der Waals surface area contributed by atoms with Gasteiger partial charge >= 0.3 is 0 Å². The Hall–Kier alpha value is -0.820. The molecule has 1 aromatic rings. The molecule has 1 unspecified atom stereocenters. The van der Waals surface area contributed by atoms with Crippen LogP contribution in [0.2, 0.25) is 0 Å². The lowest BCUT2D eigenvalue weighted by Gasteiger charge is -2.23. The molecule has 2 fully saturated rings. The molecule has 110 valence electrons. The van der Waals surface area contributed by atoms with Crippen LogP contribution in [0.5, 0.6) is 0 Å². The molecule has 0 heterocycles. The van der Waals surface area contributed by atoms with E-state index in [1.54, 1.807) is 5.56 Å². The van der Waals surface area contributed by atoms with E-state index in [9.17, 15) is 0 Å². The van der Waals surface area contributed by atoms with E-state index in [1.807, 2.05) is 0 Å². The Balaban J connectivity index is 1.66. The quantitative estimate of drug-likeness (QED) is 0.751. The fourth-order valence-corrected chi connectivity index (χ4v) is 3.71. The van der Waals surface area contributed by atoms with E-state index in [0.29, 0.717) is 6.04 Å². The first-order chi connectivity index (χ1) is 9.86. The normalized spacial score (nSPS) is 21.9. The molecular weight excluding hydrogens is 242 g/mol. The number of hydrogen-bond acceptors (Lipinski definition) is 1. The molecule has 1 nitrogen and oxygen atoms in total. The zero-order chi connectivity index (χ0) is 13.8. The van der Waals surface area contributed by atoms with E-state index in [4.69, 9.17) is 0 Å². The Kier molecular flexibility index (Phi) is 4.77. The highest BCUT2D eigenvalue weighted by Crippen LogP contribution is 2.38. The second-order valence-electron chi connectivity index (χ2n) is 6.79. The minimum Gasteiger partial charge on any atom is -0.310 e. The predicted molar refractivity (Wildman–Crippen MR) is 86.0 cm³/mol. The molecule has 0 amide bonds. The summed E-state index contributed by atoms with van der Waals surface area (Å²) in [5, 5.41) is 3.67. The SMILES string of the molecule is CCNC(CC1CC1)c1ccc(C2CCCCC2)cc1. The van der Waals surface area contributed by atoms with E-state index in [1.165, 1.54) is 56.9 Å². The van der Waals surface area contributed by atoms with Gasteiger partial charge in [0.05, 0.1) is 0 Å². The summed E-state index contributed by atoms with van der Waals surface area (Å²) >= 11 is 0. The highest BCUT2D eigenvalue weighted by Gasteiger charge is 2.26. The Labute approximate surface area is 124 Å². The number of hydrogen-bond donors (Lipinski definition) is 1. The van der Waals surface area contributed by atoms with Gasteiger partial charge in [0, 0.05) is 6.04 Å². The Morgan fingerprint density at radius 2 is 1.70 bits per heavy atom. The molecule has 2 aliphatic carbocycles. The number of nitrogens with one attached hydrogen (secondary N) is 1. The third-order valence-corrected chi connectivity index (χ3v) is 5.13. The highest BCUT2D eigenvalue weighted by atomic mass is 14.9. The Morgan fingerprint density at radius 1 is 1.00 bits per heavy atom. The Bertz CT molecular complexity index is 398.